The van der Waals surface area contributed by atoms with E-state index in [2.05, 4.69) is 63.6 Å². The Balaban J connectivity index is 1.03. The van der Waals surface area contributed by atoms with Crippen LogP contribution in [0, 0.1) is 16.0 Å². The molecule has 2 aliphatic rings. The third-order valence-corrected chi connectivity index (χ3v) is 8.30. The Morgan fingerprint density at radius 1 is 0.930 bits per heavy atom. The monoisotopic (exact) mass is 585 g/mol. The number of anilines is 2. The predicted molar refractivity (Wildman–Crippen MR) is 172 cm³/mol. The van der Waals surface area contributed by atoms with E-state index in [1.807, 2.05) is 24.8 Å². The van der Waals surface area contributed by atoms with Crippen molar-refractivity contribution in [2.75, 3.05) is 62.6 Å². The second-order valence-electron chi connectivity index (χ2n) is 11.9. The third kappa shape index (κ3) is 8.26. The molecule has 0 spiro atoms. The highest BCUT2D eigenvalue weighted by Gasteiger charge is 2.25. The number of nitrogens with zero attached hydrogens (tertiary/aromatic N) is 4. The molecule has 0 saturated carbocycles. The molecule has 2 fully saturated rings. The number of nitrogens with one attached hydrogen (secondary N) is 1. The van der Waals surface area contributed by atoms with E-state index in [-0.39, 0.29) is 29.3 Å². The molecule has 43 heavy (non-hydrogen) atoms. The minimum Gasteiger partial charge on any atom is -0.486 e. The molecule has 2 heterocycles. The first-order chi connectivity index (χ1) is 20.9. The van der Waals surface area contributed by atoms with Crippen molar-refractivity contribution in [3.63, 3.8) is 0 Å². The lowest BCUT2D eigenvalue weighted by Crippen LogP contribution is -2.48. The number of rotatable bonds is 11. The Morgan fingerprint density at radius 3 is 2.26 bits per heavy atom. The Hall–Kier alpha value is -4.11. The van der Waals surface area contributed by atoms with E-state index in [0.29, 0.717) is 26.1 Å². The van der Waals surface area contributed by atoms with Crippen LogP contribution < -0.4 is 15.0 Å². The lowest BCUT2D eigenvalue weighted by molar-refractivity contribution is -0.385. The predicted octanol–water partition coefficient (Wildman–Crippen LogP) is 5.91. The molecular weight excluding hydrogens is 542 g/mol. The van der Waals surface area contributed by atoms with Crippen molar-refractivity contribution in [3.05, 3.63) is 82.9 Å². The van der Waals surface area contributed by atoms with Gasteiger partial charge in [-0.25, -0.2) is 0 Å². The second-order valence-corrected chi connectivity index (χ2v) is 11.9. The Kier molecular flexibility index (Phi) is 10.1. The fourth-order valence-electron chi connectivity index (χ4n) is 5.77. The van der Waals surface area contributed by atoms with Crippen molar-refractivity contribution in [2.24, 2.45) is 5.92 Å². The van der Waals surface area contributed by atoms with Gasteiger partial charge in [0.1, 0.15) is 0 Å². The molecule has 0 atom stereocenters. The van der Waals surface area contributed by atoms with Gasteiger partial charge in [0.05, 0.1) is 11.5 Å². The SMILES string of the molecule is CC(C)COc1cc(NC2CCN(C(=O)CCN3CCN(c4ccc(-c5ccccc5)cc4)CC3)CC2)ccc1[N+](=O)[O-]. The second kappa shape index (κ2) is 14.4. The van der Waals surface area contributed by atoms with E-state index in [9.17, 15) is 14.9 Å². The largest absolute Gasteiger partial charge is 0.486 e. The molecule has 9 nitrogen and oxygen atoms in total. The summed E-state index contributed by atoms with van der Waals surface area (Å²) in [5, 5.41) is 14.9. The number of carbonyl (C=O) groups is 1. The van der Waals surface area contributed by atoms with E-state index < -0.39 is 4.92 Å². The number of piperazine rings is 1. The minimum atomic E-state index is -0.409. The van der Waals surface area contributed by atoms with Gasteiger partial charge < -0.3 is 19.9 Å². The Bertz CT molecular complexity index is 1350. The maximum Gasteiger partial charge on any atom is 0.311 e. The molecule has 0 aliphatic carbocycles. The number of hydrogen-bond donors (Lipinski definition) is 1. The van der Waals surface area contributed by atoms with Gasteiger partial charge in [-0.1, -0.05) is 56.3 Å². The molecule has 3 aromatic carbocycles. The van der Waals surface area contributed by atoms with E-state index in [0.717, 1.165) is 51.3 Å². The van der Waals surface area contributed by atoms with Gasteiger partial charge in [-0.3, -0.25) is 19.8 Å². The Labute approximate surface area is 254 Å². The lowest BCUT2D eigenvalue weighted by Gasteiger charge is -2.37. The van der Waals surface area contributed by atoms with Crippen LogP contribution in [0.5, 0.6) is 5.75 Å². The number of carbonyl (C=O) groups excluding carboxylic acids is 1. The molecule has 0 aromatic heterocycles. The zero-order chi connectivity index (χ0) is 30.2. The topological polar surface area (TPSA) is 91.2 Å². The summed E-state index contributed by atoms with van der Waals surface area (Å²) in [5.41, 5.74) is 4.49. The number of benzene rings is 3. The van der Waals surface area contributed by atoms with Crippen molar-refractivity contribution >= 4 is 23.0 Å². The smallest absolute Gasteiger partial charge is 0.311 e. The van der Waals surface area contributed by atoms with E-state index in [1.54, 1.807) is 12.1 Å². The molecule has 0 unspecified atom stereocenters. The normalized spacial score (nSPS) is 16.3. The summed E-state index contributed by atoms with van der Waals surface area (Å²) in [6.07, 6.45) is 2.22. The zero-order valence-corrected chi connectivity index (χ0v) is 25.3. The maximum atomic E-state index is 13.0. The minimum absolute atomic E-state index is 0.0227. The molecule has 2 aliphatic heterocycles. The highest BCUT2D eigenvalue weighted by molar-refractivity contribution is 5.76. The van der Waals surface area contributed by atoms with Crippen LogP contribution in [0.1, 0.15) is 33.1 Å². The summed E-state index contributed by atoms with van der Waals surface area (Å²) in [6.45, 7) is 10.5. The highest BCUT2D eigenvalue weighted by Crippen LogP contribution is 2.31. The lowest BCUT2D eigenvalue weighted by atomic mass is 10.0. The van der Waals surface area contributed by atoms with Crippen LogP contribution in [0.25, 0.3) is 11.1 Å². The molecule has 0 bridgehead atoms. The van der Waals surface area contributed by atoms with Crippen LogP contribution in [0.15, 0.2) is 72.8 Å². The number of nitro benzene ring substituents is 1. The number of hydrogen-bond acceptors (Lipinski definition) is 7. The van der Waals surface area contributed by atoms with Crippen molar-refractivity contribution in [1.82, 2.24) is 9.80 Å². The van der Waals surface area contributed by atoms with Crippen molar-refractivity contribution < 1.29 is 14.5 Å². The summed E-state index contributed by atoms with van der Waals surface area (Å²) >= 11 is 0. The molecule has 2 saturated heterocycles. The van der Waals surface area contributed by atoms with Crippen molar-refractivity contribution in [2.45, 2.75) is 39.2 Å². The molecular formula is C34H43N5O4. The summed E-state index contributed by atoms with van der Waals surface area (Å²) in [7, 11) is 0. The van der Waals surface area contributed by atoms with E-state index in [1.165, 1.54) is 22.9 Å². The fourth-order valence-corrected chi connectivity index (χ4v) is 5.77. The van der Waals surface area contributed by atoms with Crippen LogP contribution in [0.2, 0.25) is 0 Å². The Morgan fingerprint density at radius 2 is 1.60 bits per heavy atom. The van der Waals surface area contributed by atoms with Crippen LogP contribution >= 0.6 is 0 Å². The number of amides is 1. The first-order valence-corrected chi connectivity index (χ1v) is 15.4. The third-order valence-electron chi connectivity index (χ3n) is 8.30. The summed E-state index contributed by atoms with van der Waals surface area (Å²) in [6, 6.07) is 24.4. The van der Waals surface area contributed by atoms with Gasteiger partial charge >= 0.3 is 5.69 Å². The van der Waals surface area contributed by atoms with Crippen LogP contribution in [-0.4, -0.2) is 79.1 Å². The molecule has 9 heteroatoms. The molecule has 3 aromatic rings. The fraction of sp³-hybridized carbons (Fsp3) is 0.441. The van der Waals surface area contributed by atoms with Crippen molar-refractivity contribution in [1.29, 1.82) is 0 Å². The van der Waals surface area contributed by atoms with Crippen LogP contribution in [-0.2, 0) is 4.79 Å². The molecule has 228 valence electrons. The number of likely N-dealkylation sites (tertiary alicyclic amines) is 1. The average molecular weight is 586 g/mol. The molecule has 1 N–H and O–H groups in total. The summed E-state index contributed by atoms with van der Waals surface area (Å²) in [4.78, 5) is 30.8. The molecule has 0 radical (unpaired) electrons. The molecule has 1 amide bonds. The van der Waals surface area contributed by atoms with Gasteiger partial charge in [0, 0.05) is 81.8 Å². The quantitative estimate of drug-likeness (QED) is 0.221. The molecule has 5 rings (SSSR count). The van der Waals surface area contributed by atoms with Gasteiger partial charge in [0.2, 0.25) is 5.91 Å². The van der Waals surface area contributed by atoms with Gasteiger partial charge in [-0.05, 0) is 48.1 Å². The summed E-state index contributed by atoms with van der Waals surface area (Å²) < 4.78 is 5.72. The average Bonchev–Trinajstić information content (AvgIpc) is 3.03. The number of nitro groups is 1. The zero-order valence-electron chi connectivity index (χ0n) is 25.3. The van der Waals surface area contributed by atoms with Crippen molar-refractivity contribution in [3.8, 4) is 16.9 Å². The number of piperidine rings is 1. The van der Waals surface area contributed by atoms with Gasteiger partial charge in [-0.2, -0.15) is 0 Å². The maximum absolute atomic E-state index is 13.0. The van der Waals surface area contributed by atoms with Crippen LogP contribution in [0.3, 0.4) is 0 Å². The van der Waals surface area contributed by atoms with Gasteiger partial charge in [0.25, 0.3) is 0 Å². The first-order valence-electron chi connectivity index (χ1n) is 15.4. The van der Waals surface area contributed by atoms with E-state index in [4.69, 9.17) is 4.74 Å². The number of ether oxygens (including phenoxy) is 1. The van der Waals surface area contributed by atoms with E-state index >= 15 is 0 Å². The van der Waals surface area contributed by atoms with Gasteiger partial charge in [-0.15, -0.1) is 0 Å². The first kappa shape index (κ1) is 30.4. The summed E-state index contributed by atoms with van der Waals surface area (Å²) in [5.74, 6) is 0.779. The highest BCUT2D eigenvalue weighted by atomic mass is 16.6. The van der Waals surface area contributed by atoms with Crippen LogP contribution in [0.4, 0.5) is 17.1 Å². The van der Waals surface area contributed by atoms with Gasteiger partial charge in [0.15, 0.2) is 5.75 Å². The standard InChI is InChI=1S/C34H43N5O4/c1-26(2)25-43-33-24-30(10-13-32(33)39(41)42)35-29-14-18-38(19-15-29)34(40)16-17-36-20-22-37(23-21-36)31-11-8-28(9-12-31)27-6-4-3-5-7-27/h3-13,24,26,29,35H,14-23,25H2,1-2H3.